The molecule has 3 aromatic rings. The standard InChI is InChI=1S/C17H20N4O/c1-12-5-4-6-14-13(2)16(20(3)15(12)14)17(22)19-8-10-21-9-7-18-11-21/h4-7,9,11H,8,10H2,1-3H3,(H,19,22). The Hall–Kier alpha value is -2.56. The predicted octanol–water partition coefficient (Wildman–Crippen LogP) is 2.42. The van der Waals surface area contributed by atoms with Crippen LogP contribution in [0.3, 0.4) is 0 Å². The Morgan fingerprint density at radius 2 is 2.14 bits per heavy atom. The van der Waals surface area contributed by atoms with Crippen molar-refractivity contribution < 1.29 is 4.79 Å². The lowest BCUT2D eigenvalue weighted by atomic mass is 10.1. The molecule has 0 radical (unpaired) electrons. The van der Waals surface area contributed by atoms with E-state index in [1.807, 2.05) is 35.4 Å². The van der Waals surface area contributed by atoms with Crippen LogP contribution in [0, 0.1) is 13.8 Å². The van der Waals surface area contributed by atoms with Crippen molar-refractivity contribution in [2.24, 2.45) is 7.05 Å². The molecule has 0 aliphatic carbocycles. The molecule has 1 amide bonds. The molecular formula is C17H20N4O. The molecule has 0 aliphatic heterocycles. The maximum atomic E-state index is 12.5. The van der Waals surface area contributed by atoms with Crippen LogP contribution in [0.15, 0.2) is 36.9 Å². The van der Waals surface area contributed by atoms with Gasteiger partial charge in [-0.15, -0.1) is 0 Å². The van der Waals surface area contributed by atoms with Crippen LogP contribution in [-0.2, 0) is 13.6 Å². The third-order valence-electron chi connectivity index (χ3n) is 4.10. The van der Waals surface area contributed by atoms with Crippen LogP contribution < -0.4 is 5.32 Å². The van der Waals surface area contributed by atoms with Gasteiger partial charge in [-0.1, -0.05) is 18.2 Å². The summed E-state index contributed by atoms with van der Waals surface area (Å²) in [7, 11) is 1.95. The van der Waals surface area contributed by atoms with Crippen molar-refractivity contribution in [2.45, 2.75) is 20.4 Å². The highest BCUT2D eigenvalue weighted by atomic mass is 16.1. The molecule has 0 unspecified atom stereocenters. The molecule has 1 N–H and O–H groups in total. The summed E-state index contributed by atoms with van der Waals surface area (Å²) >= 11 is 0. The van der Waals surface area contributed by atoms with E-state index in [4.69, 9.17) is 0 Å². The van der Waals surface area contributed by atoms with Gasteiger partial charge in [0.25, 0.3) is 5.91 Å². The van der Waals surface area contributed by atoms with Crippen LogP contribution in [0.2, 0.25) is 0 Å². The SMILES string of the molecule is Cc1c(C(=O)NCCn2ccnc2)n(C)c2c(C)cccc12. The number of benzene rings is 1. The smallest absolute Gasteiger partial charge is 0.268 e. The lowest BCUT2D eigenvalue weighted by Gasteiger charge is -2.08. The maximum Gasteiger partial charge on any atom is 0.268 e. The monoisotopic (exact) mass is 296 g/mol. The van der Waals surface area contributed by atoms with Gasteiger partial charge in [-0.3, -0.25) is 4.79 Å². The van der Waals surface area contributed by atoms with Crippen LogP contribution in [-0.4, -0.2) is 26.6 Å². The molecule has 114 valence electrons. The molecule has 0 atom stereocenters. The van der Waals surface area contributed by atoms with Crippen molar-refractivity contribution in [3.63, 3.8) is 0 Å². The second kappa shape index (κ2) is 5.67. The first-order valence-electron chi connectivity index (χ1n) is 7.38. The molecule has 0 fully saturated rings. The fraction of sp³-hybridized carbons (Fsp3) is 0.294. The number of rotatable bonds is 4. The Kier molecular flexibility index (Phi) is 3.71. The second-order valence-electron chi connectivity index (χ2n) is 5.56. The van der Waals surface area contributed by atoms with Gasteiger partial charge >= 0.3 is 0 Å². The molecule has 3 rings (SSSR count). The Labute approximate surface area is 129 Å². The third-order valence-corrected chi connectivity index (χ3v) is 4.10. The quantitative estimate of drug-likeness (QED) is 0.804. The lowest BCUT2D eigenvalue weighted by molar-refractivity contribution is 0.0944. The zero-order valence-corrected chi connectivity index (χ0v) is 13.1. The zero-order valence-electron chi connectivity index (χ0n) is 13.1. The predicted molar refractivity (Wildman–Crippen MR) is 87.0 cm³/mol. The Bertz CT molecular complexity index is 815. The number of nitrogens with one attached hydrogen (secondary N) is 1. The van der Waals surface area contributed by atoms with Gasteiger partial charge in [0, 0.05) is 37.9 Å². The molecule has 22 heavy (non-hydrogen) atoms. The highest BCUT2D eigenvalue weighted by Crippen LogP contribution is 2.26. The van der Waals surface area contributed by atoms with Crippen molar-refractivity contribution in [2.75, 3.05) is 6.54 Å². The van der Waals surface area contributed by atoms with Crippen molar-refractivity contribution >= 4 is 16.8 Å². The summed E-state index contributed by atoms with van der Waals surface area (Å²) in [6.45, 7) is 5.37. The normalized spacial score (nSPS) is 11.0. The largest absolute Gasteiger partial charge is 0.349 e. The minimum absolute atomic E-state index is 0.0317. The summed E-state index contributed by atoms with van der Waals surface area (Å²) in [5, 5.41) is 4.13. The molecule has 0 spiro atoms. The highest BCUT2D eigenvalue weighted by molar-refractivity contribution is 6.02. The van der Waals surface area contributed by atoms with Gasteiger partial charge in [0.05, 0.1) is 11.8 Å². The number of nitrogens with zero attached hydrogens (tertiary/aromatic N) is 3. The van der Waals surface area contributed by atoms with E-state index in [1.165, 1.54) is 5.56 Å². The average molecular weight is 296 g/mol. The summed E-state index contributed by atoms with van der Waals surface area (Å²) < 4.78 is 3.94. The number of aromatic nitrogens is 3. The molecule has 5 nitrogen and oxygen atoms in total. The van der Waals surface area contributed by atoms with E-state index in [9.17, 15) is 4.79 Å². The van der Waals surface area contributed by atoms with Crippen molar-refractivity contribution in [1.82, 2.24) is 19.4 Å². The summed E-state index contributed by atoms with van der Waals surface area (Å²) in [4.78, 5) is 16.5. The van der Waals surface area contributed by atoms with Gasteiger partial charge in [-0.25, -0.2) is 4.98 Å². The fourth-order valence-corrected chi connectivity index (χ4v) is 3.02. The number of fused-ring (bicyclic) bond motifs is 1. The van der Waals surface area contributed by atoms with Gasteiger partial charge in [-0.2, -0.15) is 0 Å². The number of hydrogen-bond donors (Lipinski definition) is 1. The van der Waals surface area contributed by atoms with Crippen LogP contribution >= 0.6 is 0 Å². The molecule has 2 aromatic heterocycles. The number of aryl methyl sites for hydroxylation is 3. The molecule has 0 saturated heterocycles. The minimum Gasteiger partial charge on any atom is -0.349 e. The Morgan fingerprint density at radius 1 is 1.32 bits per heavy atom. The molecule has 0 bridgehead atoms. The van der Waals surface area contributed by atoms with Crippen LogP contribution in [0.5, 0.6) is 0 Å². The van der Waals surface area contributed by atoms with E-state index < -0.39 is 0 Å². The van der Waals surface area contributed by atoms with E-state index in [0.717, 1.165) is 22.2 Å². The number of carbonyl (C=O) groups is 1. The van der Waals surface area contributed by atoms with Crippen molar-refractivity contribution in [3.8, 4) is 0 Å². The van der Waals surface area contributed by atoms with Gasteiger partial charge in [0.2, 0.25) is 0 Å². The number of para-hydroxylation sites is 1. The minimum atomic E-state index is -0.0317. The maximum absolute atomic E-state index is 12.5. The summed E-state index contributed by atoms with van der Waals surface area (Å²) in [5.41, 5.74) is 4.07. The average Bonchev–Trinajstić information content (AvgIpc) is 3.08. The van der Waals surface area contributed by atoms with Crippen LogP contribution in [0.25, 0.3) is 10.9 Å². The fourth-order valence-electron chi connectivity index (χ4n) is 3.02. The van der Waals surface area contributed by atoms with Crippen LogP contribution in [0.1, 0.15) is 21.6 Å². The first-order valence-corrected chi connectivity index (χ1v) is 7.38. The topological polar surface area (TPSA) is 51.9 Å². The van der Waals surface area contributed by atoms with Gasteiger partial charge in [0.15, 0.2) is 0 Å². The number of amides is 1. The highest BCUT2D eigenvalue weighted by Gasteiger charge is 2.18. The first-order chi connectivity index (χ1) is 10.6. The van der Waals surface area contributed by atoms with Crippen molar-refractivity contribution in [1.29, 1.82) is 0 Å². The number of hydrogen-bond acceptors (Lipinski definition) is 2. The third kappa shape index (κ3) is 2.39. The summed E-state index contributed by atoms with van der Waals surface area (Å²) in [6, 6.07) is 6.17. The first kappa shape index (κ1) is 14.4. The number of carbonyl (C=O) groups excluding carboxylic acids is 1. The number of imidazole rings is 1. The van der Waals surface area contributed by atoms with Gasteiger partial charge < -0.3 is 14.5 Å². The molecule has 1 aromatic carbocycles. The van der Waals surface area contributed by atoms with Crippen molar-refractivity contribution in [3.05, 3.63) is 53.7 Å². The van der Waals surface area contributed by atoms with E-state index in [-0.39, 0.29) is 5.91 Å². The second-order valence-corrected chi connectivity index (χ2v) is 5.56. The molecular weight excluding hydrogens is 276 g/mol. The van der Waals surface area contributed by atoms with Crippen LogP contribution in [0.4, 0.5) is 0 Å². The van der Waals surface area contributed by atoms with Gasteiger partial charge in [-0.05, 0) is 25.0 Å². The van der Waals surface area contributed by atoms with E-state index >= 15 is 0 Å². The lowest BCUT2D eigenvalue weighted by Crippen LogP contribution is -2.29. The van der Waals surface area contributed by atoms with E-state index in [1.54, 1.807) is 12.5 Å². The molecule has 0 aliphatic rings. The van der Waals surface area contributed by atoms with Gasteiger partial charge in [0.1, 0.15) is 5.69 Å². The summed E-state index contributed by atoms with van der Waals surface area (Å²) in [5.74, 6) is -0.0317. The molecule has 2 heterocycles. The van der Waals surface area contributed by atoms with E-state index in [0.29, 0.717) is 13.1 Å². The molecule has 5 heteroatoms. The van der Waals surface area contributed by atoms with E-state index in [2.05, 4.69) is 29.4 Å². The Morgan fingerprint density at radius 3 is 2.82 bits per heavy atom. The zero-order chi connectivity index (χ0) is 15.7. The Balaban J connectivity index is 1.83. The summed E-state index contributed by atoms with van der Waals surface area (Å²) in [6.07, 6.45) is 5.37. The molecule has 0 saturated carbocycles.